The van der Waals surface area contributed by atoms with E-state index in [9.17, 15) is 14.0 Å². The first-order valence-electron chi connectivity index (χ1n) is 11.2. The summed E-state index contributed by atoms with van der Waals surface area (Å²) in [5.74, 6) is -1.25. The first-order valence-corrected chi connectivity index (χ1v) is 11.2. The molecule has 182 valence electrons. The molecule has 1 amide bonds. The van der Waals surface area contributed by atoms with Gasteiger partial charge in [0.25, 0.3) is 0 Å². The van der Waals surface area contributed by atoms with Gasteiger partial charge in [0.05, 0.1) is 5.69 Å². The molecule has 35 heavy (non-hydrogen) atoms. The highest BCUT2D eigenvalue weighted by Crippen LogP contribution is 2.42. The quantitative estimate of drug-likeness (QED) is 0.267. The summed E-state index contributed by atoms with van der Waals surface area (Å²) in [7, 11) is 0. The van der Waals surface area contributed by atoms with Crippen LogP contribution in [0.5, 0.6) is 0 Å². The Labute approximate surface area is 201 Å². The summed E-state index contributed by atoms with van der Waals surface area (Å²) in [5.41, 5.74) is 1.72. The number of hydrogen-bond acceptors (Lipinski definition) is 5. The first kappa shape index (κ1) is 24.2. The average molecular weight is 481 g/mol. The zero-order chi connectivity index (χ0) is 25.3. The van der Waals surface area contributed by atoms with E-state index in [-0.39, 0.29) is 24.5 Å². The van der Waals surface area contributed by atoms with Crippen molar-refractivity contribution >= 4 is 22.7 Å². The molecule has 2 aliphatic rings. The van der Waals surface area contributed by atoms with E-state index in [2.05, 4.69) is 10.6 Å². The van der Waals surface area contributed by atoms with Gasteiger partial charge in [-0.05, 0) is 51.0 Å². The van der Waals surface area contributed by atoms with Gasteiger partial charge in [-0.1, -0.05) is 24.3 Å². The van der Waals surface area contributed by atoms with Crippen molar-refractivity contribution < 1.29 is 22.7 Å². The van der Waals surface area contributed by atoms with E-state index in [0.29, 0.717) is 22.1 Å². The Bertz CT molecular complexity index is 1440. The van der Waals surface area contributed by atoms with Crippen LogP contribution in [0.25, 0.3) is 33.4 Å². The van der Waals surface area contributed by atoms with Crippen molar-refractivity contribution in [3.8, 4) is 22.5 Å². The third-order valence-electron chi connectivity index (χ3n) is 5.39. The zero-order valence-corrected chi connectivity index (χ0v) is 19.9. The lowest BCUT2D eigenvalue weighted by molar-refractivity contribution is 0.0530. The molecular formula is C27H26F2N2O4. The second kappa shape index (κ2) is 9.37. The van der Waals surface area contributed by atoms with Crippen LogP contribution in [0.1, 0.15) is 26.3 Å². The number of halogens is 2. The Kier molecular flexibility index (Phi) is 6.47. The van der Waals surface area contributed by atoms with Crippen molar-refractivity contribution in [2.45, 2.75) is 33.3 Å². The van der Waals surface area contributed by atoms with E-state index in [4.69, 9.17) is 9.15 Å². The van der Waals surface area contributed by atoms with Crippen LogP contribution in [0.4, 0.5) is 19.3 Å². The average Bonchev–Trinajstić information content (AvgIpc) is 2.76. The summed E-state index contributed by atoms with van der Waals surface area (Å²) >= 11 is 0. The molecule has 1 heterocycles. The zero-order valence-electron chi connectivity index (χ0n) is 19.9. The Hall–Kier alpha value is -3.94. The van der Waals surface area contributed by atoms with Gasteiger partial charge in [0, 0.05) is 41.7 Å². The predicted octanol–water partition coefficient (Wildman–Crippen LogP) is 6.09. The normalized spacial score (nSPS) is 11.6. The van der Waals surface area contributed by atoms with Gasteiger partial charge in [-0.25, -0.2) is 13.6 Å². The van der Waals surface area contributed by atoms with Crippen LogP contribution in [-0.2, 0) is 4.74 Å². The number of fused-ring (bicyclic) bond motifs is 2. The van der Waals surface area contributed by atoms with Gasteiger partial charge < -0.3 is 19.8 Å². The number of carbonyl (C=O) groups excluding carboxylic acids is 1. The van der Waals surface area contributed by atoms with Crippen molar-refractivity contribution in [3.05, 3.63) is 76.0 Å². The summed E-state index contributed by atoms with van der Waals surface area (Å²) in [6.07, 6.45) is -0.566. The molecule has 0 saturated heterocycles. The lowest BCUT2D eigenvalue weighted by Gasteiger charge is -2.20. The van der Waals surface area contributed by atoms with Gasteiger partial charge >= 0.3 is 6.09 Å². The molecule has 1 aliphatic heterocycles. The summed E-state index contributed by atoms with van der Waals surface area (Å²) in [5, 5.41) is 5.98. The minimum absolute atomic E-state index is 0.159. The van der Waals surface area contributed by atoms with E-state index in [0.717, 1.165) is 23.3 Å². The number of amides is 1. The molecule has 6 nitrogen and oxygen atoms in total. The highest BCUT2D eigenvalue weighted by atomic mass is 19.1. The molecule has 0 bridgehead atoms. The van der Waals surface area contributed by atoms with Crippen molar-refractivity contribution in [2.24, 2.45) is 0 Å². The fourth-order valence-corrected chi connectivity index (χ4v) is 3.87. The molecule has 1 aliphatic carbocycles. The van der Waals surface area contributed by atoms with Crippen LogP contribution in [-0.4, -0.2) is 24.8 Å². The minimum atomic E-state index is -0.905. The molecule has 2 aromatic carbocycles. The Balaban J connectivity index is 1.72. The van der Waals surface area contributed by atoms with E-state index >= 15 is 4.39 Å². The summed E-state index contributed by atoms with van der Waals surface area (Å²) < 4.78 is 40.5. The van der Waals surface area contributed by atoms with Gasteiger partial charge in [0.1, 0.15) is 22.8 Å². The van der Waals surface area contributed by atoms with Gasteiger partial charge in [-0.3, -0.25) is 4.79 Å². The van der Waals surface area contributed by atoms with Crippen LogP contribution in [0, 0.1) is 18.6 Å². The Morgan fingerprint density at radius 2 is 1.74 bits per heavy atom. The summed E-state index contributed by atoms with van der Waals surface area (Å²) in [4.78, 5) is 23.8. The molecule has 2 aromatic rings. The van der Waals surface area contributed by atoms with E-state index in [1.807, 2.05) is 31.2 Å². The number of aryl methyl sites for hydroxylation is 1. The SMILES string of the molecule is Cc1ccccc1-c1c2cc(F)c(=O)cc-2oc2cc(NCCNC(=O)OC(C)(C)C)c(F)cc12. The van der Waals surface area contributed by atoms with Crippen molar-refractivity contribution in [2.75, 3.05) is 18.4 Å². The van der Waals surface area contributed by atoms with Crippen LogP contribution in [0.2, 0.25) is 0 Å². The van der Waals surface area contributed by atoms with Crippen molar-refractivity contribution in [3.63, 3.8) is 0 Å². The molecule has 0 radical (unpaired) electrons. The third-order valence-corrected chi connectivity index (χ3v) is 5.39. The topological polar surface area (TPSA) is 80.6 Å². The standard InChI is InChI=1S/C27H26F2N2O4/c1-15-7-5-6-8-16(15)25-17-11-19(28)21(30-9-10-31-26(33)35-27(2,3)4)13-23(17)34-24-14-22(32)20(29)12-18(24)25/h5-8,11-14,30H,9-10H2,1-4H3,(H,31,33). The van der Waals surface area contributed by atoms with Crippen LogP contribution < -0.4 is 16.1 Å². The molecule has 4 rings (SSSR count). The number of anilines is 1. The highest BCUT2D eigenvalue weighted by molar-refractivity contribution is 6.03. The highest BCUT2D eigenvalue weighted by Gasteiger charge is 2.22. The fourth-order valence-electron chi connectivity index (χ4n) is 3.87. The molecule has 0 aromatic heterocycles. The van der Waals surface area contributed by atoms with Crippen LogP contribution >= 0.6 is 0 Å². The largest absolute Gasteiger partial charge is 0.456 e. The number of nitrogens with one attached hydrogen (secondary N) is 2. The van der Waals surface area contributed by atoms with Crippen LogP contribution in [0.15, 0.2) is 57.7 Å². The smallest absolute Gasteiger partial charge is 0.407 e. The Morgan fingerprint density at radius 3 is 2.46 bits per heavy atom. The van der Waals surface area contributed by atoms with Crippen molar-refractivity contribution in [1.29, 1.82) is 0 Å². The Morgan fingerprint density at radius 1 is 1.00 bits per heavy atom. The molecule has 2 N–H and O–H groups in total. The van der Waals surface area contributed by atoms with E-state index in [1.54, 1.807) is 20.8 Å². The maximum Gasteiger partial charge on any atom is 0.407 e. The summed E-state index contributed by atoms with van der Waals surface area (Å²) in [6, 6.07) is 12.5. The first-order chi connectivity index (χ1) is 16.5. The van der Waals surface area contributed by atoms with E-state index in [1.165, 1.54) is 12.1 Å². The van der Waals surface area contributed by atoms with Gasteiger partial charge in [0.15, 0.2) is 5.82 Å². The predicted molar refractivity (Wildman–Crippen MR) is 132 cm³/mol. The maximum atomic E-state index is 15.1. The monoisotopic (exact) mass is 480 g/mol. The number of alkyl carbamates (subject to hydrolysis) is 1. The third kappa shape index (κ3) is 5.26. The summed E-state index contributed by atoms with van der Waals surface area (Å²) in [6.45, 7) is 7.62. The maximum absolute atomic E-state index is 15.1. The second-order valence-corrected chi connectivity index (χ2v) is 9.25. The number of rotatable bonds is 5. The second-order valence-electron chi connectivity index (χ2n) is 9.25. The fraction of sp³-hybridized carbons (Fsp3) is 0.259. The number of ether oxygens (including phenoxy) is 1. The minimum Gasteiger partial charge on any atom is -0.456 e. The van der Waals surface area contributed by atoms with E-state index < -0.39 is 28.8 Å². The molecule has 8 heteroatoms. The van der Waals surface area contributed by atoms with Crippen molar-refractivity contribution in [1.82, 2.24) is 5.32 Å². The molecule has 0 fully saturated rings. The molecular weight excluding hydrogens is 454 g/mol. The molecule has 0 unspecified atom stereocenters. The van der Waals surface area contributed by atoms with Gasteiger partial charge in [-0.15, -0.1) is 0 Å². The molecule has 0 saturated carbocycles. The lowest BCUT2D eigenvalue weighted by atomic mass is 9.91. The van der Waals surface area contributed by atoms with Gasteiger partial charge in [0.2, 0.25) is 5.43 Å². The van der Waals surface area contributed by atoms with Crippen LogP contribution in [0.3, 0.4) is 0 Å². The number of hydrogen-bond donors (Lipinski definition) is 2. The molecule has 0 spiro atoms. The van der Waals surface area contributed by atoms with Gasteiger partial charge in [-0.2, -0.15) is 0 Å². The molecule has 0 atom stereocenters. The number of benzene rings is 3. The lowest BCUT2D eigenvalue weighted by Crippen LogP contribution is -2.35. The number of carbonyl (C=O) groups is 1.